The van der Waals surface area contributed by atoms with Gasteiger partial charge in [-0.1, -0.05) is 19.8 Å². The number of nitrogens with zero attached hydrogens (tertiary/aromatic N) is 3. The topological polar surface area (TPSA) is 86.0 Å². The van der Waals surface area contributed by atoms with Crippen LogP contribution in [0.2, 0.25) is 0 Å². The molecular weight excluding hydrogens is 218 g/mol. The zero-order valence-corrected chi connectivity index (χ0v) is 10.4. The Kier molecular flexibility index (Phi) is 3.31. The Labute approximate surface area is 101 Å². The van der Waals surface area contributed by atoms with Crippen LogP contribution in [0.3, 0.4) is 0 Å². The van der Waals surface area contributed by atoms with Crippen molar-refractivity contribution in [1.29, 1.82) is 0 Å². The Balaban J connectivity index is 2.00. The van der Waals surface area contributed by atoms with Gasteiger partial charge in [0.1, 0.15) is 0 Å². The molecule has 0 spiro atoms. The first-order valence-electron chi connectivity index (χ1n) is 5.91. The van der Waals surface area contributed by atoms with Crippen molar-refractivity contribution >= 4 is 11.9 Å². The lowest BCUT2D eigenvalue weighted by Crippen LogP contribution is -2.24. The molecule has 6 heteroatoms. The number of anilines is 2. The van der Waals surface area contributed by atoms with Gasteiger partial charge in [-0.05, 0) is 18.3 Å². The monoisotopic (exact) mass is 237 g/mol. The molecule has 0 atom stereocenters. The van der Waals surface area contributed by atoms with Crippen molar-refractivity contribution in [3.8, 4) is 6.01 Å². The average molecular weight is 237 g/mol. The summed E-state index contributed by atoms with van der Waals surface area (Å²) < 4.78 is 4.95. The third-order valence-corrected chi connectivity index (χ3v) is 3.30. The molecule has 2 rings (SSSR count). The predicted molar refractivity (Wildman–Crippen MR) is 65.9 cm³/mol. The second-order valence-corrected chi connectivity index (χ2v) is 4.88. The van der Waals surface area contributed by atoms with Gasteiger partial charge >= 0.3 is 6.01 Å². The van der Waals surface area contributed by atoms with Crippen molar-refractivity contribution in [3.05, 3.63) is 0 Å². The van der Waals surface area contributed by atoms with Crippen LogP contribution in [0.4, 0.5) is 11.9 Å². The Bertz CT molecular complexity index is 389. The molecule has 6 nitrogen and oxygen atoms in total. The minimum Gasteiger partial charge on any atom is -0.467 e. The highest BCUT2D eigenvalue weighted by Gasteiger charge is 2.28. The lowest BCUT2D eigenvalue weighted by atomic mass is 9.89. The Hall–Kier alpha value is -1.59. The van der Waals surface area contributed by atoms with Crippen LogP contribution in [-0.4, -0.2) is 28.6 Å². The fourth-order valence-corrected chi connectivity index (χ4v) is 2.24. The van der Waals surface area contributed by atoms with E-state index in [0.29, 0.717) is 11.4 Å². The number of nitrogens with one attached hydrogen (secondary N) is 1. The molecule has 1 saturated carbocycles. The second-order valence-electron chi connectivity index (χ2n) is 4.88. The maximum Gasteiger partial charge on any atom is 0.322 e. The molecule has 0 unspecified atom stereocenters. The Morgan fingerprint density at radius 2 is 2.00 bits per heavy atom. The van der Waals surface area contributed by atoms with Crippen LogP contribution in [0.5, 0.6) is 6.01 Å². The molecular formula is C11H19N5O. The highest BCUT2D eigenvalue weighted by molar-refractivity contribution is 5.32. The van der Waals surface area contributed by atoms with Crippen molar-refractivity contribution < 1.29 is 4.74 Å². The van der Waals surface area contributed by atoms with Gasteiger partial charge in [0.2, 0.25) is 11.9 Å². The van der Waals surface area contributed by atoms with Crippen molar-refractivity contribution in [2.45, 2.75) is 32.6 Å². The standard InChI is InChI=1S/C11H19N5O/c1-11(5-3-4-6-11)7-13-9-14-8(12)15-10(16-9)17-2/h3-7H2,1-2H3,(H3,12,13,14,15,16). The molecule has 0 saturated heterocycles. The SMILES string of the molecule is COc1nc(N)nc(NCC2(C)CCCC2)n1. The molecule has 0 amide bonds. The minimum absolute atomic E-state index is 0.177. The van der Waals surface area contributed by atoms with Crippen LogP contribution in [0.1, 0.15) is 32.6 Å². The zero-order valence-electron chi connectivity index (χ0n) is 10.4. The summed E-state index contributed by atoms with van der Waals surface area (Å²) in [6.07, 6.45) is 5.11. The highest BCUT2D eigenvalue weighted by atomic mass is 16.5. The maximum absolute atomic E-state index is 5.57. The number of rotatable bonds is 4. The first-order valence-corrected chi connectivity index (χ1v) is 5.91. The molecule has 1 aliphatic carbocycles. The van der Waals surface area contributed by atoms with E-state index in [1.54, 1.807) is 0 Å². The van der Waals surface area contributed by atoms with Crippen LogP contribution in [-0.2, 0) is 0 Å². The summed E-state index contributed by atoms with van der Waals surface area (Å²) in [5.74, 6) is 0.665. The molecule has 1 fully saturated rings. The van der Waals surface area contributed by atoms with Gasteiger partial charge in [0.25, 0.3) is 0 Å². The van der Waals surface area contributed by atoms with Gasteiger partial charge in [-0.15, -0.1) is 0 Å². The molecule has 0 aliphatic heterocycles. The zero-order chi connectivity index (χ0) is 12.3. The van der Waals surface area contributed by atoms with E-state index >= 15 is 0 Å². The van der Waals surface area contributed by atoms with Gasteiger partial charge in [-0.2, -0.15) is 15.0 Å². The average Bonchev–Trinajstić information content (AvgIpc) is 2.73. The van der Waals surface area contributed by atoms with E-state index in [9.17, 15) is 0 Å². The van der Waals surface area contributed by atoms with Crippen molar-refractivity contribution in [2.24, 2.45) is 5.41 Å². The van der Waals surface area contributed by atoms with Gasteiger partial charge in [0.15, 0.2) is 0 Å². The molecule has 0 aromatic carbocycles. The number of hydrogen-bond donors (Lipinski definition) is 2. The van der Waals surface area contributed by atoms with E-state index in [1.807, 2.05) is 0 Å². The molecule has 1 aliphatic rings. The van der Waals surface area contributed by atoms with Crippen molar-refractivity contribution in [3.63, 3.8) is 0 Å². The fraction of sp³-hybridized carbons (Fsp3) is 0.727. The predicted octanol–water partition coefficient (Wildman–Crippen LogP) is 1.45. The lowest BCUT2D eigenvalue weighted by Gasteiger charge is -2.23. The number of methoxy groups -OCH3 is 1. The molecule has 0 radical (unpaired) electrons. The number of ether oxygens (including phenoxy) is 1. The summed E-state index contributed by atoms with van der Waals surface area (Å²) in [5, 5.41) is 3.22. The second kappa shape index (κ2) is 4.73. The summed E-state index contributed by atoms with van der Waals surface area (Å²) in [5.41, 5.74) is 5.91. The number of nitrogens with two attached hydrogens (primary N) is 1. The third kappa shape index (κ3) is 2.95. The normalized spacial score (nSPS) is 18.0. The number of aromatic nitrogens is 3. The van der Waals surface area contributed by atoms with Gasteiger partial charge in [0.05, 0.1) is 7.11 Å². The van der Waals surface area contributed by atoms with Gasteiger partial charge in [-0.3, -0.25) is 0 Å². The smallest absolute Gasteiger partial charge is 0.322 e. The van der Waals surface area contributed by atoms with Gasteiger partial charge < -0.3 is 15.8 Å². The summed E-state index contributed by atoms with van der Waals surface area (Å²) in [7, 11) is 1.51. The Morgan fingerprint density at radius 3 is 2.65 bits per heavy atom. The van der Waals surface area contributed by atoms with E-state index < -0.39 is 0 Å². The third-order valence-electron chi connectivity index (χ3n) is 3.30. The minimum atomic E-state index is 0.177. The molecule has 94 valence electrons. The highest BCUT2D eigenvalue weighted by Crippen LogP contribution is 2.37. The van der Waals surface area contributed by atoms with Crippen LogP contribution in [0.25, 0.3) is 0 Å². The summed E-state index contributed by atoms with van der Waals surface area (Å²) in [4.78, 5) is 12.0. The van der Waals surface area contributed by atoms with E-state index in [2.05, 4.69) is 27.2 Å². The van der Waals surface area contributed by atoms with Crippen molar-refractivity contribution in [1.82, 2.24) is 15.0 Å². The summed E-state index contributed by atoms with van der Waals surface area (Å²) in [6, 6.07) is 0.247. The van der Waals surface area contributed by atoms with E-state index in [1.165, 1.54) is 32.8 Å². The molecule has 3 N–H and O–H groups in total. The largest absolute Gasteiger partial charge is 0.467 e. The first kappa shape index (κ1) is 11.9. The molecule has 0 bridgehead atoms. The molecule has 1 aromatic heterocycles. The molecule has 17 heavy (non-hydrogen) atoms. The van der Waals surface area contributed by atoms with Crippen LogP contribution in [0, 0.1) is 5.41 Å². The number of hydrogen-bond acceptors (Lipinski definition) is 6. The maximum atomic E-state index is 5.57. The summed E-state index contributed by atoms with van der Waals surface area (Å²) >= 11 is 0. The number of nitrogen functional groups attached to an aromatic ring is 1. The van der Waals surface area contributed by atoms with Gasteiger partial charge in [-0.25, -0.2) is 0 Å². The fourth-order valence-electron chi connectivity index (χ4n) is 2.24. The summed E-state index contributed by atoms with van der Waals surface area (Å²) in [6.45, 7) is 3.15. The van der Waals surface area contributed by atoms with Gasteiger partial charge in [0, 0.05) is 6.54 Å². The molecule has 1 aromatic rings. The Morgan fingerprint density at radius 1 is 1.29 bits per heavy atom. The molecule has 1 heterocycles. The van der Waals surface area contributed by atoms with Crippen LogP contribution in [0.15, 0.2) is 0 Å². The van der Waals surface area contributed by atoms with E-state index in [4.69, 9.17) is 10.5 Å². The van der Waals surface area contributed by atoms with Crippen LogP contribution >= 0.6 is 0 Å². The van der Waals surface area contributed by atoms with E-state index in [-0.39, 0.29) is 12.0 Å². The van der Waals surface area contributed by atoms with Crippen LogP contribution < -0.4 is 15.8 Å². The lowest BCUT2D eigenvalue weighted by molar-refractivity contribution is 0.359. The first-order chi connectivity index (χ1) is 8.11. The van der Waals surface area contributed by atoms with E-state index in [0.717, 1.165) is 6.54 Å². The van der Waals surface area contributed by atoms with Crippen molar-refractivity contribution in [2.75, 3.05) is 24.7 Å². The quantitative estimate of drug-likeness (QED) is 0.824.